The van der Waals surface area contributed by atoms with Crippen LogP contribution in [0.4, 0.5) is 5.82 Å². The SMILES string of the molecule is Cc1cc(=O)[nH]c(-n2nc(C)cc2NC(=O)c2ccc(S(=O)(=O)N(C)C)cc2)n1. The Morgan fingerprint density at radius 3 is 2.34 bits per heavy atom. The van der Waals surface area contributed by atoms with Gasteiger partial charge < -0.3 is 5.32 Å². The minimum absolute atomic E-state index is 0.0847. The van der Waals surface area contributed by atoms with Crippen LogP contribution in [-0.4, -0.2) is 52.5 Å². The zero-order chi connectivity index (χ0) is 21.3. The summed E-state index contributed by atoms with van der Waals surface area (Å²) < 4.78 is 26.7. The number of sulfonamides is 1. The number of hydrogen-bond acceptors (Lipinski definition) is 6. The largest absolute Gasteiger partial charge is 0.306 e. The van der Waals surface area contributed by atoms with Gasteiger partial charge in [-0.25, -0.2) is 17.7 Å². The van der Waals surface area contributed by atoms with Gasteiger partial charge in [-0.1, -0.05) is 0 Å². The van der Waals surface area contributed by atoms with Crippen molar-refractivity contribution in [1.29, 1.82) is 0 Å². The first-order valence-electron chi connectivity index (χ1n) is 8.57. The van der Waals surface area contributed by atoms with Crippen LogP contribution in [0.1, 0.15) is 21.7 Å². The Morgan fingerprint density at radius 2 is 1.76 bits per heavy atom. The number of aromatic amines is 1. The number of benzene rings is 1. The maximum atomic E-state index is 12.6. The maximum absolute atomic E-state index is 12.6. The monoisotopic (exact) mass is 416 g/mol. The van der Waals surface area contributed by atoms with Gasteiger partial charge in [0.2, 0.25) is 16.0 Å². The van der Waals surface area contributed by atoms with E-state index in [2.05, 4.69) is 20.4 Å². The zero-order valence-electron chi connectivity index (χ0n) is 16.3. The molecule has 2 aromatic heterocycles. The summed E-state index contributed by atoms with van der Waals surface area (Å²) in [5.74, 6) is 0.0204. The average molecular weight is 416 g/mol. The van der Waals surface area contributed by atoms with Crippen molar-refractivity contribution in [3.05, 3.63) is 63.7 Å². The van der Waals surface area contributed by atoms with Gasteiger partial charge in [0, 0.05) is 37.5 Å². The Hall–Kier alpha value is -3.31. The second kappa shape index (κ2) is 7.60. The van der Waals surface area contributed by atoms with Gasteiger partial charge in [0.05, 0.1) is 10.6 Å². The molecule has 11 heteroatoms. The number of aromatic nitrogens is 4. The normalized spacial score (nSPS) is 11.6. The van der Waals surface area contributed by atoms with E-state index < -0.39 is 15.9 Å². The van der Waals surface area contributed by atoms with Crippen molar-refractivity contribution in [2.75, 3.05) is 19.4 Å². The quantitative estimate of drug-likeness (QED) is 0.640. The lowest BCUT2D eigenvalue weighted by atomic mass is 10.2. The Labute approximate surface area is 167 Å². The molecule has 0 aliphatic carbocycles. The smallest absolute Gasteiger partial charge is 0.256 e. The van der Waals surface area contributed by atoms with Gasteiger partial charge >= 0.3 is 0 Å². The fourth-order valence-electron chi connectivity index (χ4n) is 2.59. The van der Waals surface area contributed by atoms with Crippen molar-refractivity contribution < 1.29 is 13.2 Å². The standard InChI is InChI=1S/C18H20N6O4S/c1-11-10-16(25)21-18(19-11)24-15(9-12(2)22-24)20-17(26)13-5-7-14(8-6-13)29(27,28)23(3)4/h5-10H,1-4H3,(H,20,26)(H,19,21,25). The highest BCUT2D eigenvalue weighted by Crippen LogP contribution is 2.17. The molecule has 0 saturated carbocycles. The summed E-state index contributed by atoms with van der Waals surface area (Å²) in [6, 6.07) is 8.56. The summed E-state index contributed by atoms with van der Waals surface area (Å²) in [5.41, 5.74) is 1.04. The molecule has 0 atom stereocenters. The molecule has 29 heavy (non-hydrogen) atoms. The molecule has 1 amide bonds. The number of nitrogens with zero attached hydrogens (tertiary/aromatic N) is 4. The summed E-state index contributed by atoms with van der Waals surface area (Å²) in [6.07, 6.45) is 0. The van der Waals surface area contributed by atoms with Crippen LogP contribution in [0.2, 0.25) is 0 Å². The zero-order valence-corrected chi connectivity index (χ0v) is 17.1. The van der Waals surface area contributed by atoms with E-state index in [1.165, 1.54) is 49.1 Å². The van der Waals surface area contributed by atoms with Crippen LogP contribution in [0.3, 0.4) is 0 Å². The van der Waals surface area contributed by atoms with Crippen LogP contribution >= 0.6 is 0 Å². The van der Waals surface area contributed by atoms with E-state index in [0.29, 0.717) is 17.2 Å². The second-order valence-electron chi connectivity index (χ2n) is 6.56. The Kier molecular flexibility index (Phi) is 5.36. The van der Waals surface area contributed by atoms with Gasteiger partial charge in [-0.3, -0.25) is 14.6 Å². The number of H-pyrrole nitrogens is 1. The maximum Gasteiger partial charge on any atom is 0.256 e. The third-order valence-electron chi connectivity index (χ3n) is 4.03. The molecule has 3 aromatic rings. The minimum atomic E-state index is -3.58. The van der Waals surface area contributed by atoms with Gasteiger partial charge in [-0.05, 0) is 38.1 Å². The van der Waals surface area contributed by atoms with E-state index in [4.69, 9.17) is 0 Å². The first-order valence-corrected chi connectivity index (χ1v) is 10.0. The van der Waals surface area contributed by atoms with Crippen molar-refractivity contribution in [2.45, 2.75) is 18.7 Å². The number of rotatable bonds is 5. The molecule has 0 fully saturated rings. The van der Waals surface area contributed by atoms with Gasteiger partial charge in [-0.2, -0.15) is 9.78 Å². The molecule has 0 spiro atoms. The number of carbonyl (C=O) groups excluding carboxylic acids is 1. The van der Waals surface area contributed by atoms with Crippen molar-refractivity contribution in [1.82, 2.24) is 24.1 Å². The highest BCUT2D eigenvalue weighted by atomic mass is 32.2. The summed E-state index contributed by atoms with van der Waals surface area (Å²) >= 11 is 0. The Balaban J connectivity index is 1.89. The van der Waals surface area contributed by atoms with Crippen LogP contribution in [0.25, 0.3) is 5.95 Å². The molecule has 0 bridgehead atoms. The molecule has 0 aliphatic heterocycles. The fraction of sp³-hybridized carbons (Fsp3) is 0.222. The predicted molar refractivity (Wildman–Crippen MR) is 107 cm³/mol. The van der Waals surface area contributed by atoms with E-state index in [9.17, 15) is 18.0 Å². The van der Waals surface area contributed by atoms with Crippen molar-refractivity contribution >= 4 is 21.7 Å². The van der Waals surface area contributed by atoms with E-state index in [0.717, 1.165) is 4.31 Å². The third-order valence-corrected chi connectivity index (χ3v) is 5.86. The van der Waals surface area contributed by atoms with E-state index in [1.54, 1.807) is 19.9 Å². The summed E-state index contributed by atoms with van der Waals surface area (Å²) in [5, 5.41) is 6.97. The lowest BCUT2D eigenvalue weighted by Gasteiger charge is -2.12. The predicted octanol–water partition coefficient (Wildman–Crippen LogP) is 1.08. The second-order valence-corrected chi connectivity index (χ2v) is 8.71. The van der Waals surface area contributed by atoms with E-state index in [1.807, 2.05) is 0 Å². The van der Waals surface area contributed by atoms with Gasteiger partial charge in [-0.15, -0.1) is 0 Å². The number of amides is 1. The number of anilines is 1. The van der Waals surface area contributed by atoms with Crippen molar-refractivity contribution in [2.24, 2.45) is 0 Å². The average Bonchev–Trinajstić information content (AvgIpc) is 3.01. The summed E-state index contributed by atoms with van der Waals surface area (Å²) in [4.78, 5) is 31.3. The Bertz CT molecular complexity index is 1230. The molecular formula is C18H20N6O4S. The summed E-state index contributed by atoms with van der Waals surface area (Å²) in [6.45, 7) is 3.41. The van der Waals surface area contributed by atoms with Crippen LogP contribution in [0.15, 0.2) is 46.1 Å². The molecule has 0 unspecified atom stereocenters. The highest BCUT2D eigenvalue weighted by molar-refractivity contribution is 7.89. The van der Waals surface area contributed by atoms with Gasteiger partial charge in [0.25, 0.3) is 11.5 Å². The van der Waals surface area contributed by atoms with Gasteiger partial charge in [0.15, 0.2) is 0 Å². The van der Waals surface area contributed by atoms with Crippen molar-refractivity contribution in [3.8, 4) is 5.95 Å². The molecule has 0 saturated heterocycles. The Morgan fingerprint density at radius 1 is 1.10 bits per heavy atom. The third kappa shape index (κ3) is 4.25. The van der Waals surface area contributed by atoms with E-state index in [-0.39, 0.29) is 22.0 Å². The van der Waals surface area contributed by atoms with Crippen molar-refractivity contribution in [3.63, 3.8) is 0 Å². The molecule has 0 aliphatic rings. The lowest BCUT2D eigenvalue weighted by molar-refractivity contribution is 0.102. The van der Waals surface area contributed by atoms with Gasteiger partial charge in [0.1, 0.15) is 5.82 Å². The molecule has 0 radical (unpaired) electrons. The van der Waals surface area contributed by atoms with E-state index >= 15 is 0 Å². The fourth-order valence-corrected chi connectivity index (χ4v) is 3.49. The molecular weight excluding hydrogens is 396 g/mol. The van der Waals surface area contributed by atoms with Crippen LogP contribution in [-0.2, 0) is 10.0 Å². The minimum Gasteiger partial charge on any atom is -0.306 e. The number of aryl methyl sites for hydroxylation is 2. The molecule has 2 heterocycles. The lowest BCUT2D eigenvalue weighted by Crippen LogP contribution is -2.22. The first-order chi connectivity index (χ1) is 13.6. The highest BCUT2D eigenvalue weighted by Gasteiger charge is 2.18. The molecule has 3 rings (SSSR count). The van der Waals surface area contributed by atoms with Crippen LogP contribution in [0.5, 0.6) is 0 Å². The number of carbonyl (C=O) groups is 1. The topological polar surface area (TPSA) is 130 Å². The molecule has 2 N–H and O–H groups in total. The molecule has 1 aromatic carbocycles. The first kappa shape index (κ1) is 20.4. The molecule has 152 valence electrons. The number of hydrogen-bond donors (Lipinski definition) is 2. The molecule has 10 nitrogen and oxygen atoms in total. The van der Waals surface area contributed by atoms with Crippen LogP contribution in [0, 0.1) is 13.8 Å². The summed E-state index contributed by atoms with van der Waals surface area (Å²) in [7, 11) is -0.713. The van der Waals surface area contributed by atoms with Crippen LogP contribution < -0.4 is 10.9 Å². The number of nitrogens with one attached hydrogen (secondary N) is 2.